The molecule has 6 rings (SSSR count). The maximum Gasteiger partial charge on any atom is 0.331 e. The van der Waals surface area contributed by atoms with Gasteiger partial charge >= 0.3 is 11.7 Å². The van der Waals surface area contributed by atoms with Crippen LogP contribution in [-0.2, 0) is 23.3 Å². The highest BCUT2D eigenvalue weighted by atomic mass is 16.4. The summed E-state index contributed by atoms with van der Waals surface area (Å²) >= 11 is 0. The van der Waals surface area contributed by atoms with Gasteiger partial charge in [-0.05, 0) is 57.8 Å². The largest absolute Gasteiger partial charge is 0.481 e. The number of imidazole rings is 1. The molecule has 0 spiro atoms. The Kier molecular flexibility index (Phi) is 4.22. The molecule has 0 aromatic carbocycles. The summed E-state index contributed by atoms with van der Waals surface area (Å²) < 4.78 is 3.62. The number of fused-ring (bicyclic) bond motifs is 6. The Labute approximate surface area is 169 Å². The number of anilines is 1. The zero-order valence-electron chi connectivity index (χ0n) is 17.0. The minimum absolute atomic E-state index is 0.00937. The third-order valence-electron chi connectivity index (χ3n) is 7.58. The molecule has 3 aliphatic carbocycles. The van der Waals surface area contributed by atoms with E-state index in [1.165, 1.54) is 0 Å². The van der Waals surface area contributed by atoms with E-state index in [-0.39, 0.29) is 11.1 Å². The van der Waals surface area contributed by atoms with Crippen LogP contribution in [0.1, 0.15) is 70.5 Å². The summed E-state index contributed by atoms with van der Waals surface area (Å²) in [6.45, 7) is 4.23. The monoisotopic (exact) mass is 399 g/mol. The van der Waals surface area contributed by atoms with Gasteiger partial charge in [0.05, 0.1) is 5.41 Å². The number of hydrogen-bond acceptors (Lipinski definition) is 5. The molecule has 3 aliphatic heterocycles. The van der Waals surface area contributed by atoms with Crippen molar-refractivity contribution in [2.75, 3.05) is 11.9 Å². The molecule has 156 valence electrons. The fraction of sp³-hybridized carbons (Fsp3) is 0.714. The van der Waals surface area contributed by atoms with Gasteiger partial charge in [0.15, 0.2) is 5.82 Å². The number of carboxylic acids is 1. The number of carbonyl (C=O) groups is 1. The minimum Gasteiger partial charge on any atom is -0.481 e. The number of carboxylic acid groups (broad SMARTS) is 1. The molecule has 0 aromatic rings. The Hall–Kier alpha value is -2.38. The molecule has 2 bridgehead atoms. The molecule has 8 heteroatoms. The van der Waals surface area contributed by atoms with Gasteiger partial charge in [-0.1, -0.05) is 6.92 Å². The molecule has 0 amide bonds. The summed E-state index contributed by atoms with van der Waals surface area (Å²) in [5.74, 6) is 1.65. The lowest BCUT2D eigenvalue weighted by atomic mass is 9.53. The quantitative estimate of drug-likeness (QED) is 0.820. The maximum absolute atomic E-state index is 13.2. The first-order chi connectivity index (χ1) is 14.0. The van der Waals surface area contributed by atoms with Gasteiger partial charge in [0.1, 0.15) is 17.3 Å². The number of nitrogens with one attached hydrogen (secondary N) is 1. The van der Waals surface area contributed by atoms with Crippen molar-refractivity contribution in [1.29, 1.82) is 0 Å². The van der Waals surface area contributed by atoms with Crippen molar-refractivity contribution in [1.82, 2.24) is 19.1 Å². The Morgan fingerprint density at radius 1 is 1.14 bits per heavy atom. The van der Waals surface area contributed by atoms with Crippen LogP contribution >= 0.6 is 0 Å². The second-order valence-corrected chi connectivity index (χ2v) is 9.15. The third kappa shape index (κ3) is 2.64. The lowest BCUT2D eigenvalue weighted by molar-refractivity contribution is -0.156. The molecule has 2 N–H and O–H groups in total. The van der Waals surface area contributed by atoms with Gasteiger partial charge in [0, 0.05) is 25.0 Å². The number of aromatic nitrogens is 4. The van der Waals surface area contributed by atoms with Crippen molar-refractivity contribution in [2.45, 2.75) is 83.2 Å². The van der Waals surface area contributed by atoms with Crippen LogP contribution in [0.2, 0.25) is 0 Å². The smallest absolute Gasteiger partial charge is 0.331 e. The van der Waals surface area contributed by atoms with Crippen molar-refractivity contribution in [2.24, 2.45) is 5.41 Å². The molecule has 29 heavy (non-hydrogen) atoms. The van der Waals surface area contributed by atoms with Crippen LogP contribution in [0.25, 0.3) is 11.5 Å². The molecule has 6 aliphatic rings. The van der Waals surface area contributed by atoms with Gasteiger partial charge in [-0.25, -0.2) is 14.8 Å². The van der Waals surface area contributed by atoms with Gasteiger partial charge in [-0.2, -0.15) is 0 Å². The Morgan fingerprint density at radius 2 is 1.86 bits per heavy atom. The Morgan fingerprint density at radius 3 is 2.52 bits per heavy atom. The first kappa shape index (κ1) is 18.6. The molecule has 0 atom stereocenters. The van der Waals surface area contributed by atoms with E-state index >= 15 is 0 Å². The lowest BCUT2D eigenvalue weighted by Gasteiger charge is -2.50. The lowest BCUT2D eigenvalue weighted by Crippen LogP contribution is -2.48. The molecular formula is C21H29N5O3. The SMILES string of the molecule is CCCn1c2nc(C34CCC(C(=O)O)(CC3)CC4)nc-2c2n(c1=O)CCCCN2. The van der Waals surface area contributed by atoms with Crippen molar-refractivity contribution >= 4 is 11.8 Å². The molecule has 3 fully saturated rings. The fourth-order valence-electron chi connectivity index (χ4n) is 5.63. The fourth-order valence-corrected chi connectivity index (χ4v) is 5.63. The van der Waals surface area contributed by atoms with E-state index in [9.17, 15) is 14.7 Å². The normalized spacial score (nSPS) is 28.7. The number of rotatable bonds is 4. The average molecular weight is 399 g/mol. The summed E-state index contributed by atoms with van der Waals surface area (Å²) in [6.07, 6.45) is 7.39. The zero-order valence-corrected chi connectivity index (χ0v) is 17.0. The van der Waals surface area contributed by atoms with Gasteiger partial charge < -0.3 is 10.4 Å². The van der Waals surface area contributed by atoms with E-state index < -0.39 is 11.4 Å². The molecule has 3 heterocycles. The predicted molar refractivity (Wildman–Crippen MR) is 108 cm³/mol. The topological polar surface area (TPSA) is 102 Å². The summed E-state index contributed by atoms with van der Waals surface area (Å²) in [5, 5.41) is 13.1. The number of hydrogen-bond donors (Lipinski definition) is 2. The minimum atomic E-state index is -0.651. The molecule has 0 aromatic heterocycles. The third-order valence-corrected chi connectivity index (χ3v) is 7.58. The Bertz CT molecular complexity index is 966. The van der Waals surface area contributed by atoms with Gasteiger partial charge in [0.2, 0.25) is 0 Å². The molecule has 0 radical (unpaired) electrons. The van der Waals surface area contributed by atoms with Crippen molar-refractivity contribution < 1.29 is 9.90 Å². The summed E-state index contributed by atoms with van der Waals surface area (Å²) in [4.78, 5) is 34.9. The van der Waals surface area contributed by atoms with Crippen molar-refractivity contribution in [3.8, 4) is 11.5 Å². The molecule has 0 unspecified atom stereocenters. The van der Waals surface area contributed by atoms with Crippen LogP contribution in [0.3, 0.4) is 0 Å². The highest BCUT2D eigenvalue weighted by molar-refractivity contribution is 5.75. The number of aliphatic carboxylic acids is 1. The summed E-state index contributed by atoms with van der Waals surface area (Å²) in [6, 6.07) is 0. The average Bonchev–Trinajstić information content (AvgIpc) is 3.04. The second-order valence-electron chi connectivity index (χ2n) is 9.15. The van der Waals surface area contributed by atoms with Gasteiger partial charge in [-0.3, -0.25) is 13.9 Å². The van der Waals surface area contributed by atoms with E-state index in [1.807, 2.05) is 4.57 Å². The molecule has 8 nitrogen and oxygen atoms in total. The van der Waals surface area contributed by atoms with Crippen LogP contribution in [0.5, 0.6) is 0 Å². The highest BCUT2D eigenvalue weighted by Gasteiger charge is 2.55. The van der Waals surface area contributed by atoms with E-state index in [4.69, 9.17) is 9.97 Å². The number of nitrogens with zero attached hydrogens (tertiary/aromatic N) is 4. The van der Waals surface area contributed by atoms with E-state index in [0.29, 0.717) is 38.2 Å². The van der Waals surface area contributed by atoms with E-state index in [1.54, 1.807) is 4.57 Å². The van der Waals surface area contributed by atoms with Crippen LogP contribution in [0.4, 0.5) is 5.82 Å². The zero-order chi connectivity index (χ0) is 20.2. The van der Waals surface area contributed by atoms with E-state index in [0.717, 1.165) is 62.4 Å². The second kappa shape index (κ2) is 6.57. The van der Waals surface area contributed by atoms with Gasteiger partial charge in [-0.15, -0.1) is 0 Å². The maximum atomic E-state index is 13.2. The Balaban J connectivity index is 1.63. The van der Waals surface area contributed by atoms with Crippen LogP contribution in [0, 0.1) is 5.41 Å². The predicted octanol–water partition coefficient (Wildman–Crippen LogP) is 2.84. The van der Waals surface area contributed by atoms with Crippen LogP contribution in [0.15, 0.2) is 4.79 Å². The molecule has 3 saturated carbocycles. The van der Waals surface area contributed by atoms with Crippen LogP contribution < -0.4 is 11.0 Å². The van der Waals surface area contributed by atoms with Crippen LogP contribution in [-0.4, -0.2) is 36.7 Å². The molecular weight excluding hydrogens is 370 g/mol. The summed E-state index contributed by atoms with van der Waals surface area (Å²) in [7, 11) is 0. The van der Waals surface area contributed by atoms with Gasteiger partial charge in [0.25, 0.3) is 0 Å². The van der Waals surface area contributed by atoms with Crippen molar-refractivity contribution in [3.05, 3.63) is 16.3 Å². The standard InChI is InChI=1S/C21H29N5O3/c1-2-12-25-16-14(15-22-11-3-4-13-26(15)19(25)29)23-17(24-16)20-5-8-21(9-6-20,10-7-20)18(27)28/h22H,2-13H2,1H3,(H,27,28). The first-order valence-corrected chi connectivity index (χ1v) is 11.0. The highest BCUT2D eigenvalue weighted by Crippen LogP contribution is 2.57. The first-order valence-electron chi connectivity index (χ1n) is 11.0. The summed E-state index contributed by atoms with van der Waals surface area (Å²) in [5.41, 5.74) is 0.0906. The van der Waals surface area contributed by atoms with E-state index in [2.05, 4.69) is 12.2 Å². The molecule has 0 saturated heterocycles. The van der Waals surface area contributed by atoms with Crippen molar-refractivity contribution in [3.63, 3.8) is 0 Å².